The van der Waals surface area contributed by atoms with Crippen LogP contribution in [-0.2, 0) is 11.2 Å². The molecule has 0 unspecified atom stereocenters. The third-order valence-electron chi connectivity index (χ3n) is 5.70. The van der Waals surface area contributed by atoms with Gasteiger partial charge in [-0.05, 0) is 29.8 Å². The average molecular weight is 414 g/mol. The minimum absolute atomic E-state index is 0.0808. The molecule has 8 heteroatoms. The lowest BCUT2D eigenvalue weighted by molar-refractivity contribution is -0.131. The molecule has 0 atom stereocenters. The molecule has 4 aromatic rings. The van der Waals surface area contributed by atoms with Crippen LogP contribution in [0, 0.1) is 0 Å². The van der Waals surface area contributed by atoms with E-state index in [0.29, 0.717) is 44.0 Å². The maximum atomic E-state index is 12.9. The van der Waals surface area contributed by atoms with Crippen LogP contribution < -0.4 is 0 Å². The van der Waals surface area contributed by atoms with Crippen molar-refractivity contribution in [3.05, 3.63) is 72.3 Å². The highest BCUT2D eigenvalue weighted by atomic mass is 16.2. The fourth-order valence-corrected chi connectivity index (χ4v) is 3.98. The van der Waals surface area contributed by atoms with E-state index in [2.05, 4.69) is 20.2 Å². The lowest BCUT2D eigenvalue weighted by Crippen LogP contribution is -2.51. The van der Waals surface area contributed by atoms with E-state index in [9.17, 15) is 9.59 Å². The number of hydrogen-bond acceptors (Lipinski definition) is 4. The first-order valence-corrected chi connectivity index (χ1v) is 10.3. The standard InChI is InChI=1S/C23H22N6O2/c30-22(12-17-15-25-19-6-2-1-5-18(17)19)28-8-10-29(11-9-28)23(31)21-13-20(26-27-21)16-4-3-7-24-14-16/h1-7,13-15,25H,8-12H2,(H,26,27). The van der Waals surface area contributed by atoms with Gasteiger partial charge in [-0.2, -0.15) is 5.10 Å². The molecule has 1 aliphatic rings. The number of benzene rings is 1. The van der Waals surface area contributed by atoms with Crippen LogP contribution in [0.25, 0.3) is 22.2 Å². The summed E-state index contributed by atoms with van der Waals surface area (Å²) in [4.78, 5) is 36.5. The summed E-state index contributed by atoms with van der Waals surface area (Å²) < 4.78 is 0. The number of H-pyrrole nitrogens is 2. The van der Waals surface area contributed by atoms with Gasteiger partial charge in [0.15, 0.2) is 0 Å². The Morgan fingerprint density at radius 3 is 2.61 bits per heavy atom. The van der Waals surface area contributed by atoms with Crippen LogP contribution in [0.3, 0.4) is 0 Å². The predicted molar refractivity (Wildman–Crippen MR) is 116 cm³/mol. The van der Waals surface area contributed by atoms with E-state index < -0.39 is 0 Å². The fourth-order valence-electron chi connectivity index (χ4n) is 3.98. The summed E-state index contributed by atoms with van der Waals surface area (Å²) in [6.45, 7) is 2.05. The quantitative estimate of drug-likeness (QED) is 0.536. The van der Waals surface area contributed by atoms with Crippen molar-refractivity contribution in [3.63, 3.8) is 0 Å². The number of para-hydroxylation sites is 1. The Morgan fingerprint density at radius 2 is 1.81 bits per heavy atom. The SMILES string of the molecule is O=C(Cc1c[nH]c2ccccc12)N1CCN(C(=O)c2cc(-c3cccnc3)n[nH]2)CC1. The molecule has 5 rings (SSSR count). The predicted octanol–water partition coefficient (Wildman–Crippen LogP) is 2.48. The maximum Gasteiger partial charge on any atom is 0.272 e. The molecule has 156 valence electrons. The highest BCUT2D eigenvalue weighted by Crippen LogP contribution is 2.20. The van der Waals surface area contributed by atoms with Crippen molar-refractivity contribution in [2.75, 3.05) is 26.2 Å². The Kier molecular flexibility index (Phi) is 4.95. The molecule has 31 heavy (non-hydrogen) atoms. The van der Waals surface area contributed by atoms with Gasteiger partial charge in [0.05, 0.1) is 12.1 Å². The van der Waals surface area contributed by atoms with E-state index in [1.165, 1.54) is 0 Å². The van der Waals surface area contributed by atoms with Gasteiger partial charge in [-0.1, -0.05) is 18.2 Å². The van der Waals surface area contributed by atoms with E-state index in [-0.39, 0.29) is 11.8 Å². The summed E-state index contributed by atoms with van der Waals surface area (Å²) in [5.74, 6) is -0.0244. The first-order valence-electron chi connectivity index (χ1n) is 10.3. The van der Waals surface area contributed by atoms with Crippen molar-refractivity contribution < 1.29 is 9.59 Å². The summed E-state index contributed by atoms with van der Waals surface area (Å²) in [7, 11) is 0. The fraction of sp³-hybridized carbons (Fsp3) is 0.217. The summed E-state index contributed by atoms with van der Waals surface area (Å²) in [5, 5.41) is 8.14. The zero-order valence-electron chi connectivity index (χ0n) is 16.9. The van der Waals surface area contributed by atoms with Crippen LogP contribution in [0.5, 0.6) is 0 Å². The molecule has 1 aromatic carbocycles. The molecule has 0 spiro atoms. The molecule has 0 aliphatic carbocycles. The number of aromatic nitrogens is 4. The molecule has 0 saturated carbocycles. The Bertz CT molecular complexity index is 1220. The van der Waals surface area contributed by atoms with Gasteiger partial charge in [0.25, 0.3) is 5.91 Å². The number of nitrogens with zero attached hydrogens (tertiary/aromatic N) is 4. The zero-order chi connectivity index (χ0) is 21.2. The first kappa shape index (κ1) is 19.0. The first-order chi connectivity index (χ1) is 15.2. The average Bonchev–Trinajstić information content (AvgIpc) is 3.47. The van der Waals surface area contributed by atoms with E-state index in [1.807, 2.05) is 47.5 Å². The molecule has 8 nitrogen and oxygen atoms in total. The number of rotatable bonds is 4. The molecule has 2 N–H and O–H groups in total. The van der Waals surface area contributed by atoms with E-state index in [0.717, 1.165) is 22.0 Å². The maximum absolute atomic E-state index is 12.9. The second-order valence-electron chi connectivity index (χ2n) is 7.62. The van der Waals surface area contributed by atoms with Crippen molar-refractivity contribution in [2.45, 2.75) is 6.42 Å². The number of carbonyl (C=O) groups excluding carboxylic acids is 2. The van der Waals surface area contributed by atoms with Crippen LogP contribution in [0.4, 0.5) is 0 Å². The molecule has 0 bridgehead atoms. The molecular formula is C23H22N6O2. The molecule has 2 amide bonds. The van der Waals surface area contributed by atoms with Gasteiger partial charge in [0, 0.05) is 61.2 Å². The van der Waals surface area contributed by atoms with Gasteiger partial charge < -0.3 is 14.8 Å². The number of fused-ring (bicyclic) bond motifs is 1. The normalized spacial score (nSPS) is 14.2. The van der Waals surface area contributed by atoms with E-state index >= 15 is 0 Å². The van der Waals surface area contributed by atoms with Crippen molar-refractivity contribution in [1.29, 1.82) is 0 Å². The number of piperazine rings is 1. The summed E-state index contributed by atoms with van der Waals surface area (Å²) >= 11 is 0. The topological polar surface area (TPSA) is 98.0 Å². The lowest BCUT2D eigenvalue weighted by Gasteiger charge is -2.34. The van der Waals surface area contributed by atoms with Crippen LogP contribution in [0.2, 0.25) is 0 Å². The number of amides is 2. The minimum Gasteiger partial charge on any atom is -0.361 e. The van der Waals surface area contributed by atoms with Crippen molar-refractivity contribution in [1.82, 2.24) is 30.0 Å². The molecule has 4 heterocycles. The van der Waals surface area contributed by atoms with Crippen LogP contribution in [0.1, 0.15) is 16.1 Å². The molecule has 1 saturated heterocycles. The Balaban J connectivity index is 1.20. The summed E-state index contributed by atoms with van der Waals surface area (Å²) in [6, 6.07) is 13.4. The number of aromatic amines is 2. The highest BCUT2D eigenvalue weighted by Gasteiger charge is 2.26. The van der Waals surface area contributed by atoms with Gasteiger partial charge in [-0.15, -0.1) is 0 Å². The lowest BCUT2D eigenvalue weighted by atomic mass is 10.1. The smallest absolute Gasteiger partial charge is 0.272 e. The van der Waals surface area contributed by atoms with Crippen LogP contribution in [0.15, 0.2) is 61.1 Å². The summed E-state index contributed by atoms with van der Waals surface area (Å²) in [6.07, 6.45) is 5.66. The minimum atomic E-state index is -0.105. The molecular weight excluding hydrogens is 392 g/mol. The Labute approximate surface area is 178 Å². The Morgan fingerprint density at radius 1 is 1.00 bits per heavy atom. The highest BCUT2D eigenvalue weighted by molar-refractivity contribution is 5.94. The number of pyridine rings is 1. The van der Waals surface area contributed by atoms with E-state index in [1.54, 1.807) is 23.4 Å². The van der Waals surface area contributed by atoms with Crippen LogP contribution in [-0.4, -0.2) is 68.0 Å². The second-order valence-corrected chi connectivity index (χ2v) is 7.62. The van der Waals surface area contributed by atoms with Gasteiger partial charge in [0.2, 0.25) is 5.91 Å². The third-order valence-corrected chi connectivity index (χ3v) is 5.70. The van der Waals surface area contributed by atoms with Gasteiger partial charge in [-0.3, -0.25) is 19.7 Å². The molecule has 0 radical (unpaired) electrons. The number of hydrogen-bond donors (Lipinski definition) is 2. The van der Waals surface area contributed by atoms with Gasteiger partial charge in [-0.25, -0.2) is 0 Å². The number of nitrogens with one attached hydrogen (secondary N) is 2. The van der Waals surface area contributed by atoms with E-state index in [4.69, 9.17) is 0 Å². The largest absolute Gasteiger partial charge is 0.361 e. The molecule has 1 aliphatic heterocycles. The van der Waals surface area contributed by atoms with Crippen molar-refractivity contribution in [3.8, 4) is 11.3 Å². The van der Waals surface area contributed by atoms with Gasteiger partial charge >= 0.3 is 0 Å². The third kappa shape index (κ3) is 3.79. The number of carbonyl (C=O) groups is 2. The zero-order valence-corrected chi connectivity index (χ0v) is 16.9. The van der Waals surface area contributed by atoms with Crippen molar-refractivity contribution >= 4 is 22.7 Å². The van der Waals surface area contributed by atoms with Crippen molar-refractivity contribution in [2.24, 2.45) is 0 Å². The molecule has 3 aromatic heterocycles. The monoisotopic (exact) mass is 414 g/mol. The van der Waals surface area contributed by atoms with Gasteiger partial charge in [0.1, 0.15) is 5.69 Å². The second kappa shape index (κ2) is 8.06. The summed E-state index contributed by atoms with van der Waals surface area (Å²) in [5.41, 5.74) is 4.01. The van der Waals surface area contributed by atoms with Crippen LogP contribution >= 0.6 is 0 Å². The molecule has 1 fully saturated rings. The Hall–Kier alpha value is -3.94.